The molecule has 214 valence electrons. The Morgan fingerprint density at radius 3 is 2.70 bits per heavy atom. The topological polar surface area (TPSA) is 125 Å². The van der Waals surface area contributed by atoms with E-state index in [0.717, 1.165) is 43.2 Å². The summed E-state index contributed by atoms with van der Waals surface area (Å²) in [5.74, 6) is -1.14. The zero-order valence-corrected chi connectivity index (χ0v) is 25.4. The van der Waals surface area contributed by atoms with E-state index in [1.54, 1.807) is 47.8 Å². The van der Waals surface area contributed by atoms with E-state index < -0.39 is 28.1 Å². The number of carboxylic acids is 1. The van der Waals surface area contributed by atoms with Crippen LogP contribution in [0.1, 0.15) is 65.8 Å². The van der Waals surface area contributed by atoms with Gasteiger partial charge in [-0.25, -0.2) is 4.68 Å². The number of aryl methyl sites for hydroxylation is 3. The Bertz CT molecular complexity index is 1580. The predicted molar refractivity (Wildman–Crippen MR) is 159 cm³/mol. The molecule has 4 aromatic rings. The van der Waals surface area contributed by atoms with Crippen LogP contribution in [-0.4, -0.2) is 51.0 Å². The molecule has 0 unspecified atom stereocenters. The number of aromatic nitrogens is 4. The summed E-state index contributed by atoms with van der Waals surface area (Å²) in [4.78, 5) is 19.5. The van der Waals surface area contributed by atoms with Crippen LogP contribution < -0.4 is 0 Å². The third-order valence-corrected chi connectivity index (χ3v) is 11.2. The van der Waals surface area contributed by atoms with E-state index in [2.05, 4.69) is 28.3 Å². The van der Waals surface area contributed by atoms with Crippen LogP contribution in [0.15, 0.2) is 41.4 Å². The first-order valence-corrected chi connectivity index (χ1v) is 15.8. The van der Waals surface area contributed by atoms with Gasteiger partial charge in [-0.3, -0.25) is 18.9 Å². The molecule has 0 amide bonds. The number of benzene rings is 1. The first-order valence-electron chi connectivity index (χ1n) is 13.5. The molecule has 4 heterocycles. The van der Waals surface area contributed by atoms with Gasteiger partial charge in [-0.1, -0.05) is 18.2 Å². The van der Waals surface area contributed by atoms with Crippen LogP contribution in [0, 0.1) is 25.2 Å². The highest BCUT2D eigenvalue weighted by molar-refractivity contribution is 8.22. The van der Waals surface area contributed by atoms with Gasteiger partial charge in [-0.05, 0) is 87.9 Å². The molecule has 3 aromatic heterocycles. The van der Waals surface area contributed by atoms with E-state index in [9.17, 15) is 19.0 Å². The summed E-state index contributed by atoms with van der Waals surface area (Å²) in [6, 6.07) is 9.54. The number of pyridine rings is 1. The Kier molecular flexibility index (Phi) is 7.56. The Hall–Kier alpha value is -2.83. The average Bonchev–Trinajstić information content (AvgIpc) is 3.46. The summed E-state index contributed by atoms with van der Waals surface area (Å²) in [6.45, 7) is 13.2. The molecule has 0 bridgehead atoms. The summed E-state index contributed by atoms with van der Waals surface area (Å²) in [7, 11) is -3.24. The second-order valence-corrected chi connectivity index (χ2v) is 14.6. The highest BCUT2D eigenvalue weighted by atomic mass is 32.3. The molecule has 0 fully saturated rings. The van der Waals surface area contributed by atoms with Crippen molar-refractivity contribution in [3.63, 3.8) is 0 Å². The van der Waals surface area contributed by atoms with Gasteiger partial charge in [0.2, 0.25) is 0 Å². The zero-order valence-electron chi connectivity index (χ0n) is 23.7. The number of nitrogens with zero attached hydrogens (tertiary/aromatic N) is 5. The summed E-state index contributed by atoms with van der Waals surface area (Å²) < 4.78 is 26.5. The lowest BCUT2D eigenvalue weighted by atomic mass is 9.72. The summed E-state index contributed by atoms with van der Waals surface area (Å²) >= 11 is 1.57. The van der Waals surface area contributed by atoms with Crippen molar-refractivity contribution >= 4 is 39.1 Å². The smallest absolute Gasteiger partial charge is 0.310 e. The van der Waals surface area contributed by atoms with Crippen LogP contribution in [0.25, 0.3) is 11.0 Å². The highest BCUT2D eigenvalue weighted by Gasteiger charge is 2.41. The van der Waals surface area contributed by atoms with E-state index >= 15 is 0 Å². The van der Waals surface area contributed by atoms with E-state index in [1.165, 1.54) is 0 Å². The van der Waals surface area contributed by atoms with Gasteiger partial charge in [0, 0.05) is 41.5 Å². The number of rotatable bonds is 7. The maximum absolute atomic E-state index is 12.6. The van der Waals surface area contributed by atoms with Gasteiger partial charge in [-0.15, -0.1) is 27.2 Å². The van der Waals surface area contributed by atoms with E-state index in [-0.39, 0.29) is 5.92 Å². The first-order chi connectivity index (χ1) is 18.9. The lowest BCUT2D eigenvalue weighted by molar-refractivity contribution is -0.147. The minimum atomic E-state index is -3.24. The van der Waals surface area contributed by atoms with Crippen molar-refractivity contribution < 1.29 is 19.0 Å². The molecule has 0 aliphatic carbocycles. The number of carbonyl (C=O) groups is 1. The molecule has 1 aromatic carbocycles. The standard InChI is InChI=1S/C29H37N5O4S2/c1-7-34-23-11-10-21(18(3)27(23)31-32-34)26(29(5,6)28(35)36)24-14-20(19(4)39-24)16-33-15-17(2)13-22-25(40(33,37)38)9-8-12-30-22/h8-12,14,17,26,37-38H,7,13,15-16H2,1-6H3,(H,35,36)/t17-,26+/m0/s1. The maximum Gasteiger partial charge on any atom is 0.310 e. The van der Waals surface area contributed by atoms with Crippen molar-refractivity contribution in [2.75, 3.05) is 6.54 Å². The van der Waals surface area contributed by atoms with Gasteiger partial charge in [0.05, 0.1) is 21.5 Å². The quantitative estimate of drug-likeness (QED) is 0.226. The van der Waals surface area contributed by atoms with Crippen LogP contribution in [0.2, 0.25) is 0 Å². The molecule has 0 spiro atoms. The van der Waals surface area contributed by atoms with E-state index in [0.29, 0.717) is 31.0 Å². The van der Waals surface area contributed by atoms with Crippen molar-refractivity contribution in [3.05, 3.63) is 68.7 Å². The molecule has 9 nitrogen and oxygen atoms in total. The van der Waals surface area contributed by atoms with E-state index in [1.807, 2.05) is 37.6 Å². The zero-order chi connectivity index (χ0) is 29.0. The van der Waals surface area contributed by atoms with Crippen molar-refractivity contribution in [2.45, 2.75) is 71.9 Å². The van der Waals surface area contributed by atoms with Crippen LogP contribution in [-0.2, 0) is 24.3 Å². The number of carboxylic acid groups (broad SMARTS) is 1. The Labute approximate surface area is 240 Å². The number of aliphatic carboxylic acids is 1. The van der Waals surface area contributed by atoms with Gasteiger partial charge in [0.25, 0.3) is 0 Å². The Balaban J connectivity index is 1.57. The lowest BCUT2D eigenvalue weighted by Crippen LogP contribution is -2.32. The molecule has 11 heteroatoms. The van der Waals surface area contributed by atoms with E-state index in [4.69, 9.17) is 0 Å². The number of thiophene rings is 1. The fraction of sp³-hybridized carbons (Fsp3) is 0.448. The van der Waals surface area contributed by atoms with Gasteiger partial charge in [0.1, 0.15) is 5.52 Å². The van der Waals surface area contributed by atoms with Crippen molar-refractivity contribution in [1.82, 2.24) is 24.3 Å². The second-order valence-electron chi connectivity index (χ2n) is 11.3. The first kappa shape index (κ1) is 28.7. The van der Waals surface area contributed by atoms with Crippen LogP contribution in [0.3, 0.4) is 0 Å². The highest BCUT2D eigenvalue weighted by Crippen LogP contribution is 2.56. The summed E-state index contributed by atoms with van der Waals surface area (Å²) in [6.07, 6.45) is 2.37. The maximum atomic E-state index is 12.6. The summed E-state index contributed by atoms with van der Waals surface area (Å²) in [5, 5.41) is 19.0. The third kappa shape index (κ3) is 4.83. The van der Waals surface area contributed by atoms with Crippen molar-refractivity contribution in [1.29, 1.82) is 0 Å². The molecule has 3 N–H and O–H groups in total. The van der Waals surface area contributed by atoms with Crippen LogP contribution in [0.4, 0.5) is 0 Å². The molecule has 1 aliphatic rings. The number of fused-ring (bicyclic) bond motifs is 2. The van der Waals surface area contributed by atoms with Crippen LogP contribution >= 0.6 is 22.1 Å². The normalized spacial score (nSPS) is 19.2. The SMILES string of the molecule is CCn1nnc2c(C)c([C@H](c3cc(CN4C[C@@H](C)Cc5ncccc5S4(O)O)c(C)s3)C(C)(C)C(=O)O)ccc21. The minimum absolute atomic E-state index is 0.186. The molecule has 0 saturated heterocycles. The number of hydrogen-bond donors (Lipinski definition) is 3. The predicted octanol–water partition coefficient (Wildman–Crippen LogP) is 6.49. The molecule has 2 atom stereocenters. The van der Waals surface area contributed by atoms with Gasteiger partial charge >= 0.3 is 5.97 Å². The number of hydrogen-bond acceptors (Lipinski definition) is 8. The van der Waals surface area contributed by atoms with Crippen molar-refractivity contribution in [3.8, 4) is 0 Å². The summed E-state index contributed by atoms with van der Waals surface area (Å²) in [5.41, 5.74) is 4.11. The molecular formula is C29H37N5O4S2. The fourth-order valence-electron chi connectivity index (χ4n) is 5.75. The van der Waals surface area contributed by atoms with Gasteiger partial charge < -0.3 is 5.11 Å². The molecule has 1 aliphatic heterocycles. The monoisotopic (exact) mass is 583 g/mol. The molecule has 5 rings (SSSR count). The van der Waals surface area contributed by atoms with Crippen molar-refractivity contribution in [2.24, 2.45) is 11.3 Å². The largest absolute Gasteiger partial charge is 0.481 e. The van der Waals surface area contributed by atoms with Gasteiger partial charge in [-0.2, -0.15) is 4.31 Å². The third-order valence-electron chi connectivity index (χ3n) is 8.10. The molecule has 40 heavy (non-hydrogen) atoms. The Morgan fingerprint density at radius 1 is 1.25 bits per heavy atom. The minimum Gasteiger partial charge on any atom is -0.481 e. The van der Waals surface area contributed by atoms with Crippen LogP contribution in [0.5, 0.6) is 0 Å². The fourth-order valence-corrected chi connectivity index (χ4v) is 8.87. The second kappa shape index (κ2) is 10.5. The lowest BCUT2D eigenvalue weighted by Gasteiger charge is -2.42. The molecule has 0 radical (unpaired) electrons. The Morgan fingerprint density at radius 2 is 2.00 bits per heavy atom. The average molecular weight is 584 g/mol. The molecule has 0 saturated carbocycles. The van der Waals surface area contributed by atoms with Gasteiger partial charge in [0.15, 0.2) is 0 Å². The molecular weight excluding hydrogens is 546 g/mol.